The number of ether oxygens (including phenoxy) is 1. The Balaban J connectivity index is 2.07. The number of pyridine rings is 1. The Morgan fingerprint density at radius 1 is 1.47 bits per heavy atom. The third-order valence-corrected chi connectivity index (χ3v) is 3.21. The van der Waals surface area contributed by atoms with Gasteiger partial charge in [0.25, 0.3) is 0 Å². The fraction of sp³-hybridized carbons (Fsp3) is 0.500. The number of rotatable bonds is 2. The van der Waals surface area contributed by atoms with Gasteiger partial charge in [0.2, 0.25) is 0 Å². The lowest BCUT2D eigenvalue weighted by atomic mass is 10.1. The Morgan fingerprint density at radius 2 is 2.16 bits per heavy atom. The highest BCUT2D eigenvalue weighted by Gasteiger charge is 2.23. The summed E-state index contributed by atoms with van der Waals surface area (Å²) in [7, 11) is 0. The molecule has 0 atom stereocenters. The highest BCUT2D eigenvalue weighted by atomic mass is 16.5. The van der Waals surface area contributed by atoms with E-state index in [4.69, 9.17) is 10.00 Å². The number of aromatic nitrogens is 1. The zero-order valence-electron chi connectivity index (χ0n) is 11.2. The fourth-order valence-corrected chi connectivity index (χ4v) is 2.29. The van der Waals surface area contributed by atoms with E-state index < -0.39 is 0 Å². The molecular formula is C14H17N3O2. The van der Waals surface area contributed by atoms with E-state index in [-0.39, 0.29) is 12.1 Å². The first-order valence-corrected chi connectivity index (χ1v) is 6.40. The molecule has 0 saturated carbocycles. The molecule has 19 heavy (non-hydrogen) atoms. The molecule has 0 amide bonds. The number of nitriles is 1. The van der Waals surface area contributed by atoms with Gasteiger partial charge in [-0.15, -0.1) is 0 Å². The Bertz CT molecular complexity index is 514. The molecule has 0 bridgehead atoms. The molecule has 5 heteroatoms. The summed E-state index contributed by atoms with van der Waals surface area (Å²) in [6, 6.07) is 5.82. The van der Waals surface area contributed by atoms with Gasteiger partial charge in [-0.25, -0.2) is 4.98 Å². The predicted molar refractivity (Wildman–Crippen MR) is 70.7 cm³/mol. The van der Waals surface area contributed by atoms with Crippen LogP contribution in [0.3, 0.4) is 0 Å². The fourth-order valence-electron chi connectivity index (χ4n) is 2.29. The third-order valence-electron chi connectivity index (χ3n) is 3.21. The summed E-state index contributed by atoms with van der Waals surface area (Å²) in [5.41, 5.74) is 1.49. The van der Waals surface area contributed by atoms with E-state index in [1.807, 2.05) is 13.0 Å². The molecule has 0 unspecified atom stereocenters. The minimum Gasteiger partial charge on any atom is -0.462 e. The molecule has 1 saturated heterocycles. The number of esters is 1. The van der Waals surface area contributed by atoms with E-state index in [2.05, 4.69) is 16.0 Å². The van der Waals surface area contributed by atoms with Crippen LogP contribution in [-0.2, 0) is 9.53 Å². The van der Waals surface area contributed by atoms with Crippen molar-refractivity contribution in [3.8, 4) is 6.07 Å². The molecule has 0 aromatic carbocycles. The molecule has 1 aromatic rings. The number of piperidine rings is 1. The Labute approximate surface area is 112 Å². The van der Waals surface area contributed by atoms with Crippen molar-refractivity contribution in [1.82, 2.24) is 4.98 Å². The van der Waals surface area contributed by atoms with E-state index in [0.717, 1.165) is 37.4 Å². The molecule has 2 rings (SSSR count). The summed E-state index contributed by atoms with van der Waals surface area (Å²) in [4.78, 5) is 17.5. The maximum absolute atomic E-state index is 10.9. The molecule has 0 radical (unpaired) electrons. The summed E-state index contributed by atoms with van der Waals surface area (Å²) < 4.78 is 5.20. The van der Waals surface area contributed by atoms with Crippen LogP contribution in [0.1, 0.15) is 31.0 Å². The van der Waals surface area contributed by atoms with Crippen LogP contribution >= 0.6 is 0 Å². The van der Waals surface area contributed by atoms with E-state index >= 15 is 0 Å². The average molecular weight is 259 g/mol. The minimum atomic E-state index is -0.232. The zero-order valence-corrected chi connectivity index (χ0v) is 11.2. The van der Waals surface area contributed by atoms with Crippen LogP contribution in [-0.4, -0.2) is 30.1 Å². The molecule has 1 aliphatic rings. The molecule has 2 heterocycles. The SMILES string of the molecule is CC(=O)OC1CCN(c2nc(C)ccc2C#N)CC1. The van der Waals surface area contributed by atoms with Gasteiger partial charge in [0.05, 0.1) is 5.56 Å². The lowest BCUT2D eigenvalue weighted by molar-refractivity contribution is -0.147. The Morgan fingerprint density at radius 3 is 2.74 bits per heavy atom. The number of carbonyl (C=O) groups is 1. The monoisotopic (exact) mass is 259 g/mol. The number of hydrogen-bond donors (Lipinski definition) is 0. The first kappa shape index (κ1) is 13.3. The molecular weight excluding hydrogens is 242 g/mol. The number of hydrogen-bond acceptors (Lipinski definition) is 5. The minimum absolute atomic E-state index is 0.0101. The van der Waals surface area contributed by atoms with Crippen LogP contribution in [0.4, 0.5) is 5.82 Å². The smallest absolute Gasteiger partial charge is 0.302 e. The second kappa shape index (κ2) is 5.70. The zero-order chi connectivity index (χ0) is 13.8. The number of carbonyl (C=O) groups excluding carboxylic acids is 1. The molecule has 5 nitrogen and oxygen atoms in total. The summed E-state index contributed by atoms with van der Waals surface area (Å²) in [5, 5.41) is 9.12. The Kier molecular flexibility index (Phi) is 4.00. The maximum Gasteiger partial charge on any atom is 0.302 e. The highest BCUT2D eigenvalue weighted by Crippen LogP contribution is 2.23. The van der Waals surface area contributed by atoms with Gasteiger partial charge >= 0.3 is 5.97 Å². The quantitative estimate of drug-likeness (QED) is 0.757. The molecule has 1 aliphatic heterocycles. The summed E-state index contributed by atoms with van der Waals surface area (Å²) in [6.45, 7) is 4.85. The standard InChI is InChI=1S/C14H17N3O2/c1-10-3-4-12(9-15)14(16-10)17-7-5-13(6-8-17)19-11(2)18/h3-4,13H,5-8H2,1-2H3. The van der Waals surface area contributed by atoms with Crippen molar-refractivity contribution < 1.29 is 9.53 Å². The van der Waals surface area contributed by atoms with Crippen molar-refractivity contribution in [1.29, 1.82) is 5.26 Å². The van der Waals surface area contributed by atoms with Gasteiger partial charge in [-0.2, -0.15) is 5.26 Å². The largest absolute Gasteiger partial charge is 0.462 e. The number of nitrogens with zero attached hydrogens (tertiary/aromatic N) is 3. The molecule has 100 valence electrons. The van der Waals surface area contributed by atoms with E-state index in [0.29, 0.717) is 5.56 Å². The van der Waals surface area contributed by atoms with Crippen LogP contribution in [0.15, 0.2) is 12.1 Å². The summed E-state index contributed by atoms with van der Waals surface area (Å²) >= 11 is 0. The summed E-state index contributed by atoms with van der Waals surface area (Å²) in [6.07, 6.45) is 1.55. The van der Waals surface area contributed by atoms with Gasteiger partial charge < -0.3 is 9.64 Å². The van der Waals surface area contributed by atoms with E-state index in [1.165, 1.54) is 6.92 Å². The van der Waals surface area contributed by atoms with E-state index in [9.17, 15) is 4.79 Å². The highest BCUT2D eigenvalue weighted by molar-refractivity contribution is 5.66. The third kappa shape index (κ3) is 3.22. The van der Waals surface area contributed by atoms with Gasteiger partial charge in [0.15, 0.2) is 0 Å². The van der Waals surface area contributed by atoms with Gasteiger partial charge in [-0.05, 0) is 19.1 Å². The van der Waals surface area contributed by atoms with Crippen molar-refractivity contribution in [3.63, 3.8) is 0 Å². The molecule has 1 aromatic heterocycles. The second-order valence-electron chi connectivity index (χ2n) is 4.73. The first-order chi connectivity index (χ1) is 9.10. The van der Waals surface area contributed by atoms with E-state index in [1.54, 1.807) is 6.07 Å². The van der Waals surface area contributed by atoms with Crippen LogP contribution in [0, 0.1) is 18.3 Å². The molecule has 0 aliphatic carbocycles. The molecule has 0 spiro atoms. The van der Waals surface area contributed by atoms with Crippen molar-refractivity contribution in [2.75, 3.05) is 18.0 Å². The lowest BCUT2D eigenvalue weighted by Crippen LogP contribution is -2.38. The van der Waals surface area contributed by atoms with Crippen LogP contribution in [0.2, 0.25) is 0 Å². The van der Waals surface area contributed by atoms with Crippen molar-refractivity contribution in [2.24, 2.45) is 0 Å². The van der Waals surface area contributed by atoms with Gasteiger partial charge in [-0.1, -0.05) is 0 Å². The first-order valence-electron chi connectivity index (χ1n) is 6.40. The number of aryl methyl sites for hydroxylation is 1. The second-order valence-corrected chi connectivity index (χ2v) is 4.73. The molecule has 0 N–H and O–H groups in total. The topological polar surface area (TPSA) is 66.2 Å². The average Bonchev–Trinajstić information content (AvgIpc) is 2.39. The van der Waals surface area contributed by atoms with Crippen LogP contribution < -0.4 is 4.90 Å². The molecule has 1 fully saturated rings. The normalized spacial score (nSPS) is 15.9. The maximum atomic E-state index is 10.9. The predicted octanol–water partition coefficient (Wildman–Crippen LogP) is 1.79. The van der Waals surface area contributed by atoms with Gasteiger partial charge in [0.1, 0.15) is 18.0 Å². The Hall–Kier alpha value is -2.09. The van der Waals surface area contributed by atoms with Crippen molar-refractivity contribution >= 4 is 11.8 Å². The van der Waals surface area contributed by atoms with Gasteiger partial charge in [-0.3, -0.25) is 4.79 Å². The number of anilines is 1. The summed E-state index contributed by atoms with van der Waals surface area (Å²) in [5.74, 6) is 0.508. The van der Waals surface area contributed by atoms with Gasteiger partial charge in [0, 0.05) is 38.5 Å². The van der Waals surface area contributed by atoms with Crippen LogP contribution in [0.5, 0.6) is 0 Å². The van der Waals surface area contributed by atoms with Crippen molar-refractivity contribution in [3.05, 3.63) is 23.4 Å². The lowest BCUT2D eigenvalue weighted by Gasteiger charge is -2.32. The van der Waals surface area contributed by atoms with Crippen LogP contribution in [0.25, 0.3) is 0 Å². The van der Waals surface area contributed by atoms with Crippen molar-refractivity contribution in [2.45, 2.75) is 32.8 Å².